The minimum absolute atomic E-state index is 0.187. The standard InChI is InChI=1S/C18H19F2N3O2/c1-18(12-4-5-12,8-11-2-6-13(19)7-3-11)10-22-17(25)15-21-9-14(20)16(24)23-15/h2-3,6-7,9,12H,4-5,8,10H2,1H3,(H,22,25)(H,21,23,24)/t18-/m0/s1. The zero-order valence-electron chi connectivity index (χ0n) is 13.8. The summed E-state index contributed by atoms with van der Waals surface area (Å²) >= 11 is 0. The van der Waals surface area contributed by atoms with Gasteiger partial charge < -0.3 is 5.32 Å². The lowest BCUT2D eigenvalue weighted by Gasteiger charge is -2.30. The number of hydrogen-bond donors (Lipinski definition) is 2. The average molecular weight is 347 g/mol. The van der Waals surface area contributed by atoms with Crippen molar-refractivity contribution in [2.45, 2.75) is 26.2 Å². The maximum absolute atomic E-state index is 13.1. The lowest BCUT2D eigenvalue weighted by Crippen LogP contribution is -2.39. The Morgan fingerprint density at radius 3 is 2.60 bits per heavy atom. The normalized spacial score (nSPS) is 16.3. The summed E-state index contributed by atoms with van der Waals surface area (Å²) in [6, 6.07) is 6.34. The predicted octanol–water partition coefficient (Wildman–Crippen LogP) is 2.44. The van der Waals surface area contributed by atoms with Gasteiger partial charge in [0.1, 0.15) is 5.82 Å². The van der Waals surface area contributed by atoms with Crippen LogP contribution in [-0.2, 0) is 6.42 Å². The largest absolute Gasteiger partial charge is 0.349 e. The summed E-state index contributed by atoms with van der Waals surface area (Å²) in [5.41, 5.74) is -0.164. The molecule has 1 aromatic heterocycles. The Morgan fingerprint density at radius 1 is 1.32 bits per heavy atom. The highest BCUT2D eigenvalue weighted by atomic mass is 19.1. The molecule has 1 atom stereocenters. The molecule has 1 amide bonds. The SMILES string of the molecule is C[C@@](CNC(=O)c1ncc(F)c(=O)[nH]1)(Cc1ccc(F)cc1)C1CC1. The van der Waals surface area contributed by atoms with E-state index in [4.69, 9.17) is 0 Å². The molecule has 0 unspecified atom stereocenters. The molecule has 0 aliphatic heterocycles. The van der Waals surface area contributed by atoms with E-state index in [1.807, 2.05) is 0 Å². The number of nitrogens with one attached hydrogen (secondary N) is 2. The Labute approximate surface area is 143 Å². The number of aromatic amines is 1. The van der Waals surface area contributed by atoms with Crippen molar-refractivity contribution in [2.75, 3.05) is 6.54 Å². The van der Waals surface area contributed by atoms with Crippen LogP contribution in [0.4, 0.5) is 8.78 Å². The van der Waals surface area contributed by atoms with Crippen molar-refractivity contribution >= 4 is 5.91 Å². The molecule has 25 heavy (non-hydrogen) atoms. The molecule has 2 N–H and O–H groups in total. The second kappa shape index (κ2) is 6.74. The van der Waals surface area contributed by atoms with Gasteiger partial charge in [0.2, 0.25) is 5.82 Å². The number of carbonyl (C=O) groups is 1. The molecular formula is C18H19F2N3O2. The molecule has 132 valence electrons. The number of halogens is 2. The molecule has 1 aliphatic carbocycles. The summed E-state index contributed by atoms with van der Waals surface area (Å²) in [5.74, 6) is -1.61. The van der Waals surface area contributed by atoms with E-state index in [0.717, 1.165) is 24.6 Å². The summed E-state index contributed by atoms with van der Waals surface area (Å²) in [7, 11) is 0. The van der Waals surface area contributed by atoms with Crippen LogP contribution in [0.2, 0.25) is 0 Å². The lowest BCUT2D eigenvalue weighted by atomic mass is 9.79. The first kappa shape index (κ1) is 17.3. The van der Waals surface area contributed by atoms with Gasteiger partial charge in [-0.05, 0) is 48.3 Å². The monoisotopic (exact) mass is 347 g/mol. The van der Waals surface area contributed by atoms with Crippen LogP contribution in [-0.4, -0.2) is 22.4 Å². The fraction of sp³-hybridized carbons (Fsp3) is 0.389. The van der Waals surface area contributed by atoms with Gasteiger partial charge in [0.15, 0.2) is 5.82 Å². The second-order valence-electron chi connectivity index (χ2n) is 6.82. The molecular weight excluding hydrogens is 328 g/mol. The van der Waals surface area contributed by atoms with E-state index in [9.17, 15) is 18.4 Å². The topological polar surface area (TPSA) is 74.8 Å². The molecule has 2 aromatic rings. The van der Waals surface area contributed by atoms with Crippen LogP contribution < -0.4 is 10.9 Å². The fourth-order valence-electron chi connectivity index (χ4n) is 3.06. The number of hydrogen-bond acceptors (Lipinski definition) is 3. The molecule has 1 heterocycles. The van der Waals surface area contributed by atoms with Crippen molar-refractivity contribution in [3.05, 3.63) is 63.8 Å². The van der Waals surface area contributed by atoms with Crippen molar-refractivity contribution in [3.8, 4) is 0 Å². The van der Waals surface area contributed by atoms with Gasteiger partial charge >= 0.3 is 0 Å². The first-order valence-corrected chi connectivity index (χ1v) is 8.15. The van der Waals surface area contributed by atoms with E-state index in [1.54, 1.807) is 12.1 Å². The summed E-state index contributed by atoms with van der Waals surface area (Å²) in [6.45, 7) is 2.46. The number of H-pyrrole nitrogens is 1. The van der Waals surface area contributed by atoms with Crippen molar-refractivity contribution < 1.29 is 13.6 Å². The van der Waals surface area contributed by atoms with Gasteiger partial charge in [-0.15, -0.1) is 0 Å². The summed E-state index contributed by atoms with van der Waals surface area (Å²) in [4.78, 5) is 29.2. The van der Waals surface area contributed by atoms with Gasteiger partial charge in [-0.2, -0.15) is 4.39 Å². The minimum atomic E-state index is -1.03. The highest BCUT2D eigenvalue weighted by Crippen LogP contribution is 2.47. The quantitative estimate of drug-likeness (QED) is 0.843. The zero-order valence-corrected chi connectivity index (χ0v) is 13.8. The first-order chi connectivity index (χ1) is 11.9. The molecule has 3 rings (SSSR count). The maximum Gasteiger partial charge on any atom is 0.287 e. The Hall–Kier alpha value is -2.57. The molecule has 1 saturated carbocycles. The van der Waals surface area contributed by atoms with E-state index in [-0.39, 0.29) is 17.1 Å². The van der Waals surface area contributed by atoms with Crippen LogP contribution in [0.3, 0.4) is 0 Å². The maximum atomic E-state index is 13.1. The van der Waals surface area contributed by atoms with Crippen molar-refractivity contribution in [3.63, 3.8) is 0 Å². The molecule has 5 nitrogen and oxygen atoms in total. The Morgan fingerprint density at radius 2 is 2.00 bits per heavy atom. The van der Waals surface area contributed by atoms with E-state index in [0.29, 0.717) is 18.9 Å². The van der Waals surface area contributed by atoms with Crippen LogP contribution in [0, 0.1) is 23.0 Å². The minimum Gasteiger partial charge on any atom is -0.349 e. The average Bonchev–Trinajstić information content (AvgIpc) is 3.43. The molecule has 1 fully saturated rings. The Kier molecular flexibility index (Phi) is 4.65. The van der Waals surface area contributed by atoms with Gasteiger partial charge in [0, 0.05) is 6.54 Å². The smallest absolute Gasteiger partial charge is 0.287 e. The van der Waals surface area contributed by atoms with E-state index in [2.05, 4.69) is 22.2 Å². The second-order valence-corrected chi connectivity index (χ2v) is 6.82. The molecule has 0 bridgehead atoms. The van der Waals surface area contributed by atoms with Crippen LogP contribution in [0.15, 0.2) is 35.3 Å². The first-order valence-electron chi connectivity index (χ1n) is 8.15. The van der Waals surface area contributed by atoms with E-state index in [1.165, 1.54) is 12.1 Å². The summed E-state index contributed by atoms with van der Waals surface area (Å²) in [6.07, 6.45) is 3.59. The molecule has 0 radical (unpaired) electrons. The van der Waals surface area contributed by atoms with Crippen molar-refractivity contribution in [2.24, 2.45) is 11.3 Å². The van der Waals surface area contributed by atoms with Crippen LogP contribution in [0.5, 0.6) is 0 Å². The van der Waals surface area contributed by atoms with Gasteiger partial charge in [0.05, 0.1) is 6.20 Å². The summed E-state index contributed by atoms with van der Waals surface area (Å²) < 4.78 is 26.0. The van der Waals surface area contributed by atoms with Crippen molar-refractivity contribution in [1.82, 2.24) is 15.3 Å². The van der Waals surface area contributed by atoms with Crippen molar-refractivity contribution in [1.29, 1.82) is 0 Å². The number of rotatable bonds is 6. The Bertz CT molecular complexity index is 831. The van der Waals surface area contributed by atoms with Gasteiger partial charge in [-0.1, -0.05) is 19.1 Å². The number of carbonyl (C=O) groups excluding carboxylic acids is 1. The van der Waals surface area contributed by atoms with Crippen LogP contribution in [0.25, 0.3) is 0 Å². The van der Waals surface area contributed by atoms with E-state index < -0.39 is 17.3 Å². The molecule has 1 aromatic carbocycles. The van der Waals surface area contributed by atoms with Gasteiger partial charge in [-0.25, -0.2) is 9.37 Å². The van der Waals surface area contributed by atoms with Gasteiger partial charge in [0.25, 0.3) is 11.5 Å². The van der Waals surface area contributed by atoms with Crippen LogP contribution >= 0.6 is 0 Å². The molecule has 1 aliphatic rings. The van der Waals surface area contributed by atoms with Gasteiger partial charge in [-0.3, -0.25) is 14.6 Å². The third-order valence-corrected chi connectivity index (χ3v) is 4.71. The summed E-state index contributed by atoms with van der Waals surface area (Å²) in [5, 5.41) is 2.77. The number of aromatic nitrogens is 2. The Balaban J connectivity index is 1.69. The predicted molar refractivity (Wildman–Crippen MR) is 88.1 cm³/mol. The number of nitrogens with zero attached hydrogens (tertiary/aromatic N) is 1. The van der Waals surface area contributed by atoms with Crippen LogP contribution in [0.1, 0.15) is 35.9 Å². The molecule has 0 saturated heterocycles. The number of amides is 1. The molecule has 0 spiro atoms. The number of benzene rings is 1. The third-order valence-electron chi connectivity index (χ3n) is 4.71. The zero-order chi connectivity index (χ0) is 18.0. The molecule has 7 heteroatoms. The highest BCUT2D eigenvalue weighted by molar-refractivity contribution is 5.90. The van der Waals surface area contributed by atoms with E-state index >= 15 is 0 Å². The lowest BCUT2D eigenvalue weighted by molar-refractivity contribution is 0.0915. The third kappa shape index (κ3) is 4.10. The highest BCUT2D eigenvalue weighted by Gasteiger charge is 2.41. The fourth-order valence-corrected chi connectivity index (χ4v) is 3.06.